The van der Waals surface area contributed by atoms with Crippen molar-refractivity contribution in [1.29, 1.82) is 0 Å². The van der Waals surface area contributed by atoms with Gasteiger partial charge in [-0.05, 0) is 46.7 Å². The molecule has 258 valence electrons. The highest BCUT2D eigenvalue weighted by Crippen LogP contribution is 2.25. The fourth-order valence-electron chi connectivity index (χ4n) is 4.94. The fourth-order valence-corrected chi connectivity index (χ4v) is 4.94. The van der Waals surface area contributed by atoms with Gasteiger partial charge in [-0.25, -0.2) is 4.79 Å². The summed E-state index contributed by atoms with van der Waals surface area (Å²) in [5.41, 5.74) is 2.76. The SMILES string of the molecule is CC(C)[C@H](NC(=O)OCc1ccccc1)C(=O)NC(Cc1ccc(OCc2ccccc2)cc1)C(O)C(F)(F)C(=O)NCc1ccccc1. The van der Waals surface area contributed by atoms with Crippen molar-refractivity contribution in [2.75, 3.05) is 0 Å². The Morgan fingerprint density at radius 3 is 1.80 bits per heavy atom. The molecule has 0 aromatic heterocycles. The van der Waals surface area contributed by atoms with Gasteiger partial charge in [0.1, 0.15) is 31.1 Å². The number of ether oxygens (including phenoxy) is 2. The van der Waals surface area contributed by atoms with E-state index in [1.54, 1.807) is 92.7 Å². The van der Waals surface area contributed by atoms with Gasteiger partial charge in [0.05, 0.1) is 6.04 Å². The summed E-state index contributed by atoms with van der Waals surface area (Å²) in [6, 6.07) is 30.6. The average Bonchev–Trinajstić information content (AvgIpc) is 3.12. The second kappa shape index (κ2) is 17.7. The van der Waals surface area contributed by atoms with Crippen LogP contribution in [-0.2, 0) is 40.5 Å². The standard InChI is InChI=1S/C38H41F2N3O6/c1-26(2)33(43-37(47)49-25-30-16-10-5-11-17-30)35(45)42-32(34(44)38(39,40)36(46)41-23-28-12-6-3-7-13-28)22-27-18-20-31(21-19-27)48-24-29-14-8-4-9-15-29/h3-21,26,32-34,44H,22-25H2,1-2H3,(H,41,46)(H,42,45)(H,43,47)/t32?,33-,34?/m0/s1. The maximum absolute atomic E-state index is 15.6. The molecule has 49 heavy (non-hydrogen) atoms. The lowest BCUT2D eigenvalue weighted by Crippen LogP contribution is -2.61. The van der Waals surface area contributed by atoms with Crippen LogP contribution in [0.1, 0.15) is 36.1 Å². The van der Waals surface area contributed by atoms with Crippen LogP contribution in [0.2, 0.25) is 0 Å². The molecule has 4 N–H and O–H groups in total. The highest BCUT2D eigenvalue weighted by molar-refractivity contribution is 5.87. The van der Waals surface area contributed by atoms with Crippen molar-refractivity contribution >= 4 is 17.9 Å². The number of aliphatic hydroxyl groups is 1. The Bertz CT molecular complexity index is 1620. The van der Waals surface area contributed by atoms with Gasteiger partial charge in [-0.3, -0.25) is 9.59 Å². The van der Waals surface area contributed by atoms with Gasteiger partial charge in [-0.1, -0.05) is 117 Å². The molecule has 2 unspecified atom stereocenters. The molecule has 0 aliphatic rings. The van der Waals surface area contributed by atoms with Gasteiger partial charge >= 0.3 is 12.0 Å². The van der Waals surface area contributed by atoms with Crippen molar-refractivity contribution in [1.82, 2.24) is 16.0 Å². The number of amides is 3. The van der Waals surface area contributed by atoms with E-state index in [0.717, 1.165) is 11.1 Å². The van der Waals surface area contributed by atoms with Gasteiger partial charge in [0.25, 0.3) is 5.91 Å². The molecule has 9 nitrogen and oxygen atoms in total. The molecule has 3 atom stereocenters. The van der Waals surface area contributed by atoms with E-state index in [4.69, 9.17) is 9.47 Å². The first-order valence-corrected chi connectivity index (χ1v) is 15.9. The van der Waals surface area contributed by atoms with Crippen LogP contribution in [0.3, 0.4) is 0 Å². The second-order valence-corrected chi connectivity index (χ2v) is 11.9. The van der Waals surface area contributed by atoms with Crippen LogP contribution in [0.5, 0.6) is 5.75 Å². The summed E-state index contributed by atoms with van der Waals surface area (Å²) in [4.78, 5) is 38.8. The first-order valence-electron chi connectivity index (χ1n) is 15.9. The number of hydrogen-bond donors (Lipinski definition) is 4. The number of carbonyl (C=O) groups is 3. The Morgan fingerprint density at radius 1 is 0.714 bits per heavy atom. The molecule has 4 aromatic rings. The van der Waals surface area contributed by atoms with E-state index < -0.39 is 47.9 Å². The van der Waals surface area contributed by atoms with Crippen molar-refractivity contribution < 1.29 is 37.7 Å². The summed E-state index contributed by atoms with van der Waals surface area (Å²) in [7, 11) is 0. The lowest BCUT2D eigenvalue weighted by molar-refractivity contribution is -0.168. The van der Waals surface area contributed by atoms with Crippen LogP contribution in [-0.4, -0.2) is 47.1 Å². The number of alkyl carbamates (subject to hydrolysis) is 1. The van der Waals surface area contributed by atoms with E-state index in [1.165, 1.54) is 0 Å². The molecule has 4 aromatic carbocycles. The summed E-state index contributed by atoms with van der Waals surface area (Å²) in [5.74, 6) is -6.79. The fraction of sp³-hybridized carbons (Fsp3) is 0.289. The Morgan fingerprint density at radius 2 is 1.24 bits per heavy atom. The second-order valence-electron chi connectivity index (χ2n) is 11.9. The lowest BCUT2D eigenvalue weighted by Gasteiger charge is -2.31. The molecule has 3 amide bonds. The Labute approximate surface area is 284 Å². The van der Waals surface area contributed by atoms with Crippen molar-refractivity contribution in [3.05, 3.63) is 138 Å². The number of hydrogen-bond acceptors (Lipinski definition) is 6. The van der Waals surface area contributed by atoms with Gasteiger partial charge in [-0.2, -0.15) is 8.78 Å². The lowest BCUT2D eigenvalue weighted by atomic mass is 9.95. The van der Waals surface area contributed by atoms with Crippen molar-refractivity contribution in [2.45, 2.75) is 64.1 Å². The summed E-state index contributed by atoms with van der Waals surface area (Å²) < 4.78 is 42.2. The van der Waals surface area contributed by atoms with Crippen molar-refractivity contribution in [3.63, 3.8) is 0 Å². The van der Waals surface area contributed by atoms with Crippen molar-refractivity contribution in [3.8, 4) is 5.75 Å². The zero-order valence-corrected chi connectivity index (χ0v) is 27.4. The molecular formula is C38H41F2N3O6. The number of halogens is 2. The number of benzene rings is 4. The predicted molar refractivity (Wildman–Crippen MR) is 180 cm³/mol. The zero-order valence-electron chi connectivity index (χ0n) is 27.4. The van der Waals surface area contributed by atoms with E-state index in [9.17, 15) is 19.5 Å². The maximum Gasteiger partial charge on any atom is 0.408 e. The van der Waals surface area contributed by atoms with Gasteiger partial charge in [-0.15, -0.1) is 0 Å². The normalized spacial score (nSPS) is 13.1. The third kappa shape index (κ3) is 11.1. The quantitative estimate of drug-likeness (QED) is 0.124. The van der Waals surface area contributed by atoms with Crippen LogP contribution in [0.25, 0.3) is 0 Å². The molecule has 4 rings (SSSR count). The number of nitrogens with one attached hydrogen (secondary N) is 3. The molecule has 0 aliphatic carbocycles. The summed E-state index contributed by atoms with van der Waals surface area (Å²) >= 11 is 0. The third-order valence-corrected chi connectivity index (χ3v) is 7.74. The van der Waals surface area contributed by atoms with Crippen LogP contribution in [0.15, 0.2) is 115 Å². The number of carbonyl (C=O) groups excluding carboxylic acids is 3. The van der Waals surface area contributed by atoms with E-state index >= 15 is 8.78 Å². The predicted octanol–water partition coefficient (Wildman–Crippen LogP) is 5.56. The minimum absolute atomic E-state index is 0.0458. The molecule has 0 saturated heterocycles. The first-order chi connectivity index (χ1) is 23.5. The molecule has 0 fully saturated rings. The number of alkyl halides is 2. The maximum atomic E-state index is 15.6. The molecule has 0 spiro atoms. The van der Waals surface area contributed by atoms with Gasteiger partial charge < -0.3 is 30.5 Å². The van der Waals surface area contributed by atoms with Gasteiger partial charge in [0, 0.05) is 6.54 Å². The van der Waals surface area contributed by atoms with Crippen LogP contribution >= 0.6 is 0 Å². The van der Waals surface area contributed by atoms with Crippen LogP contribution in [0.4, 0.5) is 13.6 Å². The van der Waals surface area contributed by atoms with Crippen molar-refractivity contribution in [2.24, 2.45) is 5.92 Å². The van der Waals surface area contributed by atoms with E-state index in [2.05, 4.69) is 16.0 Å². The molecule has 0 radical (unpaired) electrons. The molecule has 0 aliphatic heterocycles. The minimum Gasteiger partial charge on any atom is -0.489 e. The summed E-state index contributed by atoms with van der Waals surface area (Å²) in [6.07, 6.45) is -3.78. The molecule has 11 heteroatoms. The van der Waals surface area contributed by atoms with E-state index in [-0.39, 0.29) is 19.6 Å². The largest absolute Gasteiger partial charge is 0.489 e. The number of rotatable bonds is 16. The summed E-state index contributed by atoms with van der Waals surface area (Å²) in [5, 5.41) is 18.2. The first kappa shape index (κ1) is 36.5. The molecular weight excluding hydrogens is 632 g/mol. The minimum atomic E-state index is -4.29. The smallest absolute Gasteiger partial charge is 0.408 e. The summed E-state index contributed by atoms with van der Waals surface area (Å²) in [6.45, 7) is 3.41. The highest BCUT2D eigenvalue weighted by Gasteiger charge is 2.50. The average molecular weight is 674 g/mol. The van der Waals surface area contributed by atoms with Crippen LogP contribution in [0, 0.1) is 5.92 Å². The zero-order chi connectivity index (χ0) is 35.2. The van der Waals surface area contributed by atoms with Gasteiger partial charge in [0.2, 0.25) is 5.91 Å². The topological polar surface area (TPSA) is 126 Å². The molecule has 0 bridgehead atoms. The molecule has 0 saturated carbocycles. The third-order valence-electron chi connectivity index (χ3n) is 7.74. The molecule has 0 heterocycles. The number of aliphatic hydroxyl groups excluding tert-OH is 1. The van der Waals surface area contributed by atoms with Crippen LogP contribution < -0.4 is 20.7 Å². The van der Waals surface area contributed by atoms with E-state index in [0.29, 0.717) is 23.5 Å². The Kier molecular flexibility index (Phi) is 13.2. The van der Waals surface area contributed by atoms with Gasteiger partial charge in [0.15, 0.2) is 0 Å². The Balaban J connectivity index is 1.48. The Hall–Kier alpha value is -5.29. The highest BCUT2D eigenvalue weighted by atomic mass is 19.3. The monoisotopic (exact) mass is 673 g/mol. The van der Waals surface area contributed by atoms with E-state index in [1.807, 2.05) is 36.4 Å².